The number of hydrogen-bond donors (Lipinski definition) is 2. The van der Waals surface area contributed by atoms with Gasteiger partial charge in [-0.2, -0.15) is 0 Å². The standard InChI is InChI=1S/C9H17N3O4S/c1-6-5-17(15,16)3-2-12(6)9(14)7(10)4-8(11)13/h6-7H,2-5,10H2,1H3,(H2,11,13). The van der Waals surface area contributed by atoms with Crippen LogP contribution in [0.2, 0.25) is 0 Å². The molecule has 1 fully saturated rings. The number of nitrogens with zero attached hydrogens (tertiary/aromatic N) is 1. The van der Waals surface area contributed by atoms with E-state index in [-0.39, 0.29) is 24.5 Å². The van der Waals surface area contributed by atoms with Gasteiger partial charge in [0.15, 0.2) is 9.84 Å². The maximum atomic E-state index is 11.9. The van der Waals surface area contributed by atoms with E-state index in [9.17, 15) is 18.0 Å². The summed E-state index contributed by atoms with van der Waals surface area (Å²) in [6.45, 7) is 1.76. The molecule has 2 unspecified atom stereocenters. The van der Waals surface area contributed by atoms with Crippen LogP contribution in [-0.2, 0) is 19.4 Å². The van der Waals surface area contributed by atoms with Crippen molar-refractivity contribution in [1.29, 1.82) is 0 Å². The molecule has 0 aromatic heterocycles. The topological polar surface area (TPSA) is 124 Å². The van der Waals surface area contributed by atoms with Crippen LogP contribution in [-0.4, -0.2) is 55.3 Å². The molecule has 1 aliphatic heterocycles. The predicted octanol–water partition coefficient (Wildman–Crippen LogP) is -2.17. The van der Waals surface area contributed by atoms with Gasteiger partial charge in [0, 0.05) is 12.6 Å². The van der Waals surface area contributed by atoms with E-state index < -0.39 is 33.7 Å². The first-order valence-corrected chi connectivity index (χ1v) is 7.10. The van der Waals surface area contributed by atoms with Crippen LogP contribution >= 0.6 is 0 Å². The van der Waals surface area contributed by atoms with Gasteiger partial charge in [-0.1, -0.05) is 0 Å². The highest BCUT2D eigenvalue weighted by Gasteiger charge is 2.33. The maximum absolute atomic E-state index is 11.9. The fourth-order valence-electron chi connectivity index (χ4n) is 1.84. The average molecular weight is 263 g/mol. The zero-order chi connectivity index (χ0) is 13.2. The summed E-state index contributed by atoms with van der Waals surface area (Å²) in [6.07, 6.45) is -0.227. The molecule has 0 aromatic carbocycles. The molecule has 0 saturated carbocycles. The second-order valence-electron chi connectivity index (χ2n) is 4.27. The first kappa shape index (κ1) is 13.9. The number of amides is 2. The van der Waals surface area contributed by atoms with Crippen LogP contribution in [0.3, 0.4) is 0 Å². The van der Waals surface area contributed by atoms with Crippen molar-refractivity contribution in [3.63, 3.8) is 0 Å². The zero-order valence-corrected chi connectivity index (χ0v) is 10.4. The molecule has 4 N–H and O–H groups in total. The number of hydrogen-bond acceptors (Lipinski definition) is 5. The summed E-state index contributed by atoms with van der Waals surface area (Å²) in [7, 11) is -3.07. The molecule has 2 atom stereocenters. The SMILES string of the molecule is CC1CS(=O)(=O)CCN1C(=O)C(N)CC(N)=O. The van der Waals surface area contributed by atoms with E-state index in [0.29, 0.717) is 0 Å². The van der Waals surface area contributed by atoms with Crippen LogP contribution in [0.25, 0.3) is 0 Å². The summed E-state index contributed by atoms with van der Waals surface area (Å²) >= 11 is 0. The number of primary amides is 1. The Morgan fingerprint density at radius 1 is 1.47 bits per heavy atom. The van der Waals surface area contributed by atoms with E-state index in [1.54, 1.807) is 6.92 Å². The van der Waals surface area contributed by atoms with Crippen LogP contribution in [0.4, 0.5) is 0 Å². The van der Waals surface area contributed by atoms with Crippen LogP contribution in [0.1, 0.15) is 13.3 Å². The molecule has 0 aromatic rings. The fourth-order valence-corrected chi connectivity index (χ4v) is 3.40. The van der Waals surface area contributed by atoms with Crippen LogP contribution in [0.5, 0.6) is 0 Å². The number of carbonyl (C=O) groups is 2. The van der Waals surface area contributed by atoms with Crippen molar-refractivity contribution in [2.24, 2.45) is 11.5 Å². The van der Waals surface area contributed by atoms with Crippen LogP contribution in [0, 0.1) is 0 Å². The highest BCUT2D eigenvalue weighted by Crippen LogP contribution is 2.13. The van der Waals surface area contributed by atoms with Gasteiger partial charge in [0.05, 0.1) is 24.0 Å². The molecule has 0 bridgehead atoms. The zero-order valence-electron chi connectivity index (χ0n) is 9.63. The number of nitrogens with two attached hydrogens (primary N) is 2. The van der Waals surface area contributed by atoms with Crippen molar-refractivity contribution in [3.8, 4) is 0 Å². The van der Waals surface area contributed by atoms with Gasteiger partial charge in [0.2, 0.25) is 11.8 Å². The van der Waals surface area contributed by atoms with Gasteiger partial charge in [0.25, 0.3) is 0 Å². The second kappa shape index (κ2) is 5.01. The quantitative estimate of drug-likeness (QED) is 0.600. The Labute approximate surface area is 100 Å². The summed E-state index contributed by atoms with van der Waals surface area (Å²) in [5.41, 5.74) is 10.5. The van der Waals surface area contributed by atoms with Gasteiger partial charge in [-0.25, -0.2) is 8.42 Å². The molecule has 0 radical (unpaired) electrons. The van der Waals surface area contributed by atoms with E-state index in [0.717, 1.165) is 0 Å². The van der Waals surface area contributed by atoms with Crippen molar-refractivity contribution < 1.29 is 18.0 Å². The smallest absolute Gasteiger partial charge is 0.240 e. The molecule has 1 saturated heterocycles. The number of rotatable bonds is 3. The van der Waals surface area contributed by atoms with Crippen LogP contribution in [0.15, 0.2) is 0 Å². The van der Waals surface area contributed by atoms with Gasteiger partial charge >= 0.3 is 0 Å². The second-order valence-corrected chi connectivity index (χ2v) is 6.50. The highest BCUT2D eigenvalue weighted by molar-refractivity contribution is 7.91. The molecule has 1 aliphatic rings. The Balaban J connectivity index is 2.68. The molecule has 2 amide bonds. The highest BCUT2D eigenvalue weighted by atomic mass is 32.2. The summed E-state index contributed by atoms with van der Waals surface area (Å²) in [4.78, 5) is 23.9. The van der Waals surface area contributed by atoms with E-state index in [4.69, 9.17) is 11.5 Å². The third kappa shape index (κ3) is 3.67. The van der Waals surface area contributed by atoms with Gasteiger partial charge in [0.1, 0.15) is 0 Å². The minimum atomic E-state index is -3.07. The molecular weight excluding hydrogens is 246 g/mol. The van der Waals surface area contributed by atoms with E-state index >= 15 is 0 Å². The molecule has 17 heavy (non-hydrogen) atoms. The molecule has 7 nitrogen and oxygen atoms in total. The summed E-state index contributed by atoms with van der Waals surface area (Å²) in [5, 5.41) is 0. The molecule has 0 spiro atoms. The summed E-state index contributed by atoms with van der Waals surface area (Å²) in [5.74, 6) is -1.21. The van der Waals surface area contributed by atoms with E-state index in [1.807, 2.05) is 0 Å². The largest absolute Gasteiger partial charge is 0.370 e. The Morgan fingerprint density at radius 2 is 2.06 bits per heavy atom. The lowest BCUT2D eigenvalue weighted by Gasteiger charge is -2.34. The maximum Gasteiger partial charge on any atom is 0.240 e. The molecule has 98 valence electrons. The summed E-state index contributed by atoms with van der Waals surface area (Å²) < 4.78 is 22.7. The third-order valence-corrected chi connectivity index (χ3v) is 4.49. The van der Waals surface area contributed by atoms with E-state index in [1.165, 1.54) is 4.90 Å². The Bertz CT molecular complexity index is 420. The molecule has 1 heterocycles. The van der Waals surface area contributed by atoms with Crippen molar-refractivity contribution >= 4 is 21.7 Å². The van der Waals surface area contributed by atoms with Crippen LogP contribution < -0.4 is 11.5 Å². The van der Waals surface area contributed by atoms with Gasteiger partial charge in [-0.3, -0.25) is 9.59 Å². The van der Waals surface area contributed by atoms with Gasteiger partial charge in [-0.05, 0) is 6.92 Å². The van der Waals surface area contributed by atoms with Gasteiger partial charge < -0.3 is 16.4 Å². The first-order chi connectivity index (χ1) is 7.73. The molecular formula is C9H17N3O4S. The monoisotopic (exact) mass is 263 g/mol. The minimum Gasteiger partial charge on any atom is -0.370 e. The Morgan fingerprint density at radius 3 is 2.53 bits per heavy atom. The molecule has 0 aliphatic carbocycles. The lowest BCUT2D eigenvalue weighted by molar-refractivity contribution is -0.136. The Kier molecular flexibility index (Phi) is 4.10. The van der Waals surface area contributed by atoms with Gasteiger partial charge in [-0.15, -0.1) is 0 Å². The van der Waals surface area contributed by atoms with Crippen molar-refractivity contribution in [2.45, 2.75) is 25.4 Å². The third-order valence-electron chi connectivity index (χ3n) is 2.69. The number of sulfone groups is 1. The molecule has 1 rings (SSSR count). The Hall–Kier alpha value is -1.15. The normalized spacial score (nSPS) is 25.3. The lowest BCUT2D eigenvalue weighted by atomic mass is 10.1. The first-order valence-electron chi connectivity index (χ1n) is 5.28. The average Bonchev–Trinajstić information content (AvgIpc) is 2.14. The predicted molar refractivity (Wildman–Crippen MR) is 61.6 cm³/mol. The number of carbonyl (C=O) groups excluding carboxylic acids is 2. The van der Waals surface area contributed by atoms with Crippen molar-refractivity contribution in [1.82, 2.24) is 4.90 Å². The lowest BCUT2D eigenvalue weighted by Crippen LogP contribution is -2.55. The minimum absolute atomic E-state index is 0.0631. The fraction of sp³-hybridized carbons (Fsp3) is 0.778. The van der Waals surface area contributed by atoms with E-state index in [2.05, 4.69) is 0 Å². The van der Waals surface area contributed by atoms with Crippen molar-refractivity contribution in [3.05, 3.63) is 0 Å². The summed E-state index contributed by atoms with van der Waals surface area (Å²) in [6, 6.07) is -1.41. The van der Waals surface area contributed by atoms with Crippen molar-refractivity contribution in [2.75, 3.05) is 18.1 Å². The molecule has 8 heteroatoms.